The van der Waals surface area contributed by atoms with Gasteiger partial charge in [0.05, 0.1) is 5.60 Å². The second kappa shape index (κ2) is 10.4. The summed E-state index contributed by atoms with van der Waals surface area (Å²) in [5.41, 5.74) is 1.52. The number of nitrogens with zero attached hydrogens (tertiary/aromatic N) is 1. The lowest BCUT2D eigenvalue weighted by Gasteiger charge is -2.38. The standard InChI is InChI=1S/C26H32N2O2S/c1-27-16-13-24(25-12-7-19-31-25)30-23-11-6-5-8-21(23)20-28-17-14-26(29,15-18-28)22-9-3-2-4-10-22/h2-12,19,24,27,29H,13-18,20H2,1H3. The molecule has 1 fully saturated rings. The van der Waals surface area contributed by atoms with Crippen LogP contribution in [0.4, 0.5) is 0 Å². The molecule has 0 bridgehead atoms. The molecule has 0 aliphatic carbocycles. The zero-order valence-electron chi connectivity index (χ0n) is 18.2. The Morgan fingerprint density at radius 2 is 1.77 bits per heavy atom. The maximum absolute atomic E-state index is 11.1. The van der Waals surface area contributed by atoms with Crippen molar-refractivity contribution in [2.24, 2.45) is 0 Å². The number of hydrogen-bond acceptors (Lipinski definition) is 5. The van der Waals surface area contributed by atoms with Gasteiger partial charge in [-0.05, 0) is 49.5 Å². The van der Waals surface area contributed by atoms with E-state index in [0.717, 1.165) is 56.8 Å². The Bertz CT molecular complexity index is 922. The third kappa shape index (κ3) is 5.55. The Balaban J connectivity index is 1.42. The molecule has 1 atom stereocenters. The molecular formula is C26H32N2O2S. The summed E-state index contributed by atoms with van der Waals surface area (Å²) in [6.07, 6.45) is 2.48. The van der Waals surface area contributed by atoms with E-state index in [4.69, 9.17) is 4.74 Å². The number of aliphatic hydroxyl groups is 1. The van der Waals surface area contributed by atoms with Gasteiger partial charge >= 0.3 is 0 Å². The van der Waals surface area contributed by atoms with E-state index >= 15 is 0 Å². The lowest BCUT2D eigenvalue weighted by molar-refractivity contribution is -0.0279. The van der Waals surface area contributed by atoms with Crippen molar-refractivity contribution in [1.29, 1.82) is 0 Å². The largest absolute Gasteiger partial charge is 0.485 e. The first-order valence-electron chi connectivity index (χ1n) is 11.1. The van der Waals surface area contributed by atoms with E-state index in [-0.39, 0.29) is 6.10 Å². The fourth-order valence-electron chi connectivity index (χ4n) is 4.27. The molecule has 0 amide bonds. The Labute approximate surface area is 189 Å². The predicted molar refractivity (Wildman–Crippen MR) is 128 cm³/mol. The summed E-state index contributed by atoms with van der Waals surface area (Å²) < 4.78 is 6.54. The molecule has 1 saturated heterocycles. The normalized spacial score (nSPS) is 17.4. The maximum atomic E-state index is 11.1. The van der Waals surface area contributed by atoms with E-state index in [9.17, 15) is 5.11 Å². The monoisotopic (exact) mass is 436 g/mol. The number of ether oxygens (including phenoxy) is 1. The highest BCUT2D eigenvalue weighted by Crippen LogP contribution is 2.35. The van der Waals surface area contributed by atoms with E-state index in [2.05, 4.69) is 45.9 Å². The molecule has 5 heteroatoms. The summed E-state index contributed by atoms with van der Waals surface area (Å²) in [5.74, 6) is 0.959. The fourth-order valence-corrected chi connectivity index (χ4v) is 5.06. The second-order valence-corrected chi connectivity index (χ2v) is 9.27. The first kappa shape index (κ1) is 22.0. The molecule has 4 rings (SSSR count). The second-order valence-electron chi connectivity index (χ2n) is 8.30. The van der Waals surface area contributed by atoms with Crippen molar-refractivity contribution in [2.45, 2.75) is 37.5 Å². The van der Waals surface area contributed by atoms with Gasteiger partial charge in [-0.25, -0.2) is 0 Å². The van der Waals surface area contributed by atoms with Gasteiger partial charge in [0.25, 0.3) is 0 Å². The predicted octanol–water partition coefficient (Wildman–Crippen LogP) is 4.96. The number of para-hydroxylation sites is 1. The number of benzene rings is 2. The number of thiophene rings is 1. The molecule has 0 spiro atoms. The van der Waals surface area contributed by atoms with Gasteiger partial charge in [-0.15, -0.1) is 11.3 Å². The number of likely N-dealkylation sites (tertiary alicyclic amines) is 1. The number of rotatable bonds is 9. The van der Waals surface area contributed by atoms with Crippen LogP contribution in [0.15, 0.2) is 72.1 Å². The highest BCUT2D eigenvalue weighted by molar-refractivity contribution is 7.10. The summed E-state index contributed by atoms with van der Waals surface area (Å²) in [6.45, 7) is 3.49. The lowest BCUT2D eigenvalue weighted by atomic mass is 9.84. The van der Waals surface area contributed by atoms with Gasteiger partial charge in [-0.2, -0.15) is 0 Å². The van der Waals surface area contributed by atoms with E-state index in [1.807, 2.05) is 43.4 Å². The van der Waals surface area contributed by atoms with Gasteiger partial charge in [0.1, 0.15) is 11.9 Å². The molecule has 1 aliphatic heterocycles. The van der Waals surface area contributed by atoms with Crippen LogP contribution in [-0.4, -0.2) is 36.7 Å². The van der Waals surface area contributed by atoms with Crippen molar-refractivity contribution in [3.8, 4) is 5.75 Å². The zero-order chi connectivity index (χ0) is 21.5. The molecule has 4 nitrogen and oxygen atoms in total. The molecule has 164 valence electrons. The summed E-state index contributed by atoms with van der Waals surface area (Å²) >= 11 is 1.75. The smallest absolute Gasteiger partial charge is 0.134 e. The third-order valence-corrected chi connectivity index (χ3v) is 7.11. The van der Waals surface area contributed by atoms with Crippen molar-refractivity contribution < 1.29 is 9.84 Å². The number of piperidine rings is 1. The Hall–Kier alpha value is -2.18. The van der Waals surface area contributed by atoms with E-state index in [0.29, 0.717) is 0 Å². The van der Waals surface area contributed by atoms with Crippen LogP contribution >= 0.6 is 11.3 Å². The molecule has 2 aromatic carbocycles. The van der Waals surface area contributed by atoms with Crippen LogP contribution in [0.5, 0.6) is 5.75 Å². The van der Waals surface area contributed by atoms with Gasteiger partial charge in [0.2, 0.25) is 0 Å². The molecule has 31 heavy (non-hydrogen) atoms. The van der Waals surface area contributed by atoms with Crippen molar-refractivity contribution in [2.75, 3.05) is 26.7 Å². The molecule has 1 aromatic heterocycles. The minimum Gasteiger partial charge on any atom is -0.485 e. The van der Waals surface area contributed by atoms with Crippen molar-refractivity contribution in [3.63, 3.8) is 0 Å². The van der Waals surface area contributed by atoms with Crippen molar-refractivity contribution in [3.05, 3.63) is 88.1 Å². The van der Waals surface area contributed by atoms with Gasteiger partial charge in [-0.1, -0.05) is 54.6 Å². The summed E-state index contributed by atoms with van der Waals surface area (Å²) in [7, 11) is 1.98. The van der Waals surface area contributed by atoms with Crippen LogP contribution in [0.2, 0.25) is 0 Å². The number of nitrogens with one attached hydrogen (secondary N) is 1. The van der Waals surface area contributed by atoms with Crippen LogP contribution in [0, 0.1) is 0 Å². The molecule has 3 aromatic rings. The van der Waals surface area contributed by atoms with Crippen LogP contribution in [-0.2, 0) is 12.1 Å². The fraction of sp³-hybridized carbons (Fsp3) is 0.385. The molecule has 2 heterocycles. The van der Waals surface area contributed by atoms with Crippen LogP contribution in [0.3, 0.4) is 0 Å². The molecule has 2 N–H and O–H groups in total. The first-order valence-corrected chi connectivity index (χ1v) is 12.0. The molecule has 1 unspecified atom stereocenters. The average molecular weight is 437 g/mol. The van der Waals surface area contributed by atoms with E-state index in [1.54, 1.807) is 11.3 Å². The SMILES string of the molecule is CNCCC(Oc1ccccc1CN1CCC(O)(c2ccccc2)CC1)c1cccs1. The highest BCUT2D eigenvalue weighted by atomic mass is 32.1. The summed E-state index contributed by atoms with van der Waals surface area (Å²) in [4.78, 5) is 3.68. The van der Waals surface area contributed by atoms with Crippen LogP contribution in [0.1, 0.15) is 41.4 Å². The molecule has 0 saturated carbocycles. The topological polar surface area (TPSA) is 44.7 Å². The molecule has 0 radical (unpaired) electrons. The Kier molecular flexibility index (Phi) is 7.41. The van der Waals surface area contributed by atoms with Crippen molar-refractivity contribution in [1.82, 2.24) is 10.2 Å². The molecule has 1 aliphatic rings. The first-order chi connectivity index (χ1) is 15.2. The average Bonchev–Trinajstić information content (AvgIpc) is 3.35. The lowest BCUT2D eigenvalue weighted by Crippen LogP contribution is -2.42. The maximum Gasteiger partial charge on any atom is 0.134 e. The number of hydrogen-bond donors (Lipinski definition) is 2. The summed E-state index contributed by atoms with van der Waals surface area (Å²) in [5, 5.41) is 16.5. The Morgan fingerprint density at radius 3 is 2.48 bits per heavy atom. The summed E-state index contributed by atoms with van der Waals surface area (Å²) in [6, 6.07) is 22.7. The quantitative estimate of drug-likeness (QED) is 0.498. The van der Waals surface area contributed by atoms with Crippen LogP contribution in [0.25, 0.3) is 0 Å². The Morgan fingerprint density at radius 1 is 1.03 bits per heavy atom. The van der Waals surface area contributed by atoms with E-state index in [1.165, 1.54) is 10.4 Å². The molecular weight excluding hydrogens is 404 g/mol. The van der Waals surface area contributed by atoms with Gasteiger partial charge in [0.15, 0.2) is 0 Å². The van der Waals surface area contributed by atoms with E-state index < -0.39 is 5.60 Å². The minimum absolute atomic E-state index is 0.0538. The third-order valence-electron chi connectivity index (χ3n) is 6.15. The van der Waals surface area contributed by atoms with Crippen molar-refractivity contribution >= 4 is 11.3 Å². The highest BCUT2D eigenvalue weighted by Gasteiger charge is 2.34. The van der Waals surface area contributed by atoms with Gasteiger partial charge in [0, 0.05) is 36.5 Å². The van der Waals surface area contributed by atoms with Gasteiger partial charge < -0.3 is 15.2 Å². The van der Waals surface area contributed by atoms with Gasteiger partial charge in [-0.3, -0.25) is 4.90 Å². The minimum atomic E-state index is -0.717. The van der Waals surface area contributed by atoms with Crippen LogP contribution < -0.4 is 10.1 Å². The zero-order valence-corrected chi connectivity index (χ0v) is 19.0.